The van der Waals surface area contributed by atoms with Crippen LogP contribution in [-0.4, -0.2) is 36.2 Å². The van der Waals surface area contributed by atoms with Gasteiger partial charge in [-0.05, 0) is 61.9 Å². The van der Waals surface area contributed by atoms with Crippen molar-refractivity contribution in [3.05, 3.63) is 54.6 Å². The highest BCUT2D eigenvalue weighted by Gasteiger charge is 2.26. The molecule has 4 heteroatoms. The molecule has 0 spiro atoms. The number of carbonyl (C=O) groups excluding carboxylic acids is 1. The molecule has 0 bridgehead atoms. The van der Waals surface area contributed by atoms with Crippen molar-refractivity contribution in [2.75, 3.05) is 19.6 Å². The Hall–Kier alpha value is -2.49. The van der Waals surface area contributed by atoms with Crippen LogP contribution in [0.3, 0.4) is 0 Å². The zero-order chi connectivity index (χ0) is 19.4. The Morgan fingerprint density at radius 2 is 1.81 bits per heavy atom. The molecule has 1 amide bonds. The molecule has 1 aliphatic rings. The highest BCUT2D eigenvalue weighted by molar-refractivity contribution is 5.85. The van der Waals surface area contributed by atoms with Gasteiger partial charge in [0.1, 0.15) is 5.60 Å². The first-order valence-corrected chi connectivity index (χ1v) is 9.72. The number of fused-ring (bicyclic) bond motifs is 1. The molecule has 2 aromatic carbocycles. The first kappa shape index (κ1) is 19.3. The van der Waals surface area contributed by atoms with E-state index in [1.807, 2.05) is 25.7 Å². The fourth-order valence-electron chi connectivity index (χ4n) is 3.39. The van der Waals surface area contributed by atoms with E-state index < -0.39 is 5.60 Å². The maximum atomic E-state index is 12.2. The predicted octanol–water partition coefficient (Wildman–Crippen LogP) is 5.05. The number of nitrogens with one attached hydrogen (secondary N) is 1. The molecule has 0 unspecified atom stereocenters. The third-order valence-electron chi connectivity index (χ3n) is 4.97. The van der Waals surface area contributed by atoms with Crippen LogP contribution in [0.15, 0.2) is 49.0 Å². The SMILES string of the molecule is C=C(NCC1CCN(C(=O)OC(C)(C)C)CC1)c1ccc2ccccc2c1. The average molecular weight is 367 g/mol. The normalized spacial score (nSPS) is 15.6. The number of piperidine rings is 1. The van der Waals surface area contributed by atoms with Crippen LogP contribution in [0.4, 0.5) is 4.79 Å². The smallest absolute Gasteiger partial charge is 0.410 e. The number of nitrogens with zero attached hydrogens (tertiary/aromatic N) is 1. The zero-order valence-corrected chi connectivity index (χ0v) is 16.6. The van der Waals surface area contributed by atoms with Crippen LogP contribution in [0.25, 0.3) is 16.5 Å². The van der Waals surface area contributed by atoms with Crippen LogP contribution < -0.4 is 5.32 Å². The second-order valence-corrected chi connectivity index (χ2v) is 8.33. The minimum atomic E-state index is -0.437. The number of hydrogen-bond donors (Lipinski definition) is 1. The molecular weight excluding hydrogens is 336 g/mol. The second kappa shape index (κ2) is 8.03. The van der Waals surface area contributed by atoms with Crippen molar-refractivity contribution >= 4 is 22.6 Å². The largest absolute Gasteiger partial charge is 0.444 e. The van der Waals surface area contributed by atoms with Gasteiger partial charge in [0.05, 0.1) is 0 Å². The fourth-order valence-corrected chi connectivity index (χ4v) is 3.39. The zero-order valence-electron chi connectivity index (χ0n) is 16.6. The maximum absolute atomic E-state index is 12.2. The number of likely N-dealkylation sites (tertiary alicyclic amines) is 1. The van der Waals surface area contributed by atoms with Gasteiger partial charge in [-0.25, -0.2) is 4.79 Å². The van der Waals surface area contributed by atoms with Gasteiger partial charge in [-0.2, -0.15) is 0 Å². The topological polar surface area (TPSA) is 41.6 Å². The minimum Gasteiger partial charge on any atom is -0.444 e. The molecule has 1 saturated heterocycles. The lowest BCUT2D eigenvalue weighted by Crippen LogP contribution is -2.43. The third-order valence-corrected chi connectivity index (χ3v) is 4.97. The van der Waals surface area contributed by atoms with Gasteiger partial charge in [-0.3, -0.25) is 0 Å². The van der Waals surface area contributed by atoms with E-state index in [0.29, 0.717) is 5.92 Å². The first-order chi connectivity index (χ1) is 12.8. The van der Waals surface area contributed by atoms with Crippen LogP contribution in [-0.2, 0) is 4.74 Å². The summed E-state index contributed by atoms with van der Waals surface area (Å²) >= 11 is 0. The molecule has 1 N–H and O–H groups in total. The first-order valence-electron chi connectivity index (χ1n) is 9.72. The summed E-state index contributed by atoms with van der Waals surface area (Å²) in [5.41, 5.74) is 1.64. The van der Waals surface area contributed by atoms with E-state index in [9.17, 15) is 4.79 Å². The van der Waals surface area contributed by atoms with E-state index in [-0.39, 0.29) is 6.09 Å². The van der Waals surface area contributed by atoms with Crippen molar-refractivity contribution in [1.82, 2.24) is 10.2 Å². The summed E-state index contributed by atoms with van der Waals surface area (Å²) < 4.78 is 5.46. The standard InChI is InChI=1S/C23H30N2O2/c1-17(20-10-9-19-7-5-6-8-21(19)15-20)24-16-18-11-13-25(14-12-18)22(26)27-23(2,3)4/h5-10,15,18,24H,1,11-14,16H2,2-4H3. The van der Waals surface area contributed by atoms with E-state index in [0.717, 1.165) is 43.7 Å². The summed E-state index contributed by atoms with van der Waals surface area (Å²) in [7, 11) is 0. The molecule has 3 rings (SSSR count). The van der Waals surface area contributed by atoms with Gasteiger partial charge in [0.2, 0.25) is 0 Å². The van der Waals surface area contributed by atoms with Crippen LogP contribution in [0.1, 0.15) is 39.2 Å². The number of ether oxygens (including phenoxy) is 1. The monoisotopic (exact) mass is 366 g/mol. The summed E-state index contributed by atoms with van der Waals surface area (Å²) in [6.07, 6.45) is 1.77. The molecule has 0 aromatic heterocycles. The number of benzene rings is 2. The Balaban J connectivity index is 1.48. The lowest BCUT2D eigenvalue weighted by atomic mass is 9.96. The number of carbonyl (C=O) groups is 1. The van der Waals surface area contributed by atoms with Crippen molar-refractivity contribution in [2.24, 2.45) is 5.92 Å². The van der Waals surface area contributed by atoms with E-state index in [1.165, 1.54) is 10.8 Å². The minimum absolute atomic E-state index is 0.200. The molecule has 1 heterocycles. The number of rotatable bonds is 4. The summed E-state index contributed by atoms with van der Waals surface area (Å²) in [6.45, 7) is 12.3. The van der Waals surface area contributed by atoms with Gasteiger partial charge < -0.3 is 15.0 Å². The van der Waals surface area contributed by atoms with Crippen LogP contribution >= 0.6 is 0 Å². The van der Waals surface area contributed by atoms with E-state index in [2.05, 4.69) is 54.4 Å². The van der Waals surface area contributed by atoms with Gasteiger partial charge in [-0.1, -0.05) is 43.0 Å². The summed E-state index contributed by atoms with van der Waals surface area (Å²) in [5.74, 6) is 0.542. The average Bonchev–Trinajstić information content (AvgIpc) is 2.64. The maximum Gasteiger partial charge on any atom is 0.410 e. The Kier molecular flexibility index (Phi) is 5.73. The van der Waals surface area contributed by atoms with E-state index >= 15 is 0 Å². The Labute approximate surface area is 162 Å². The van der Waals surface area contributed by atoms with Crippen LogP contribution in [0.5, 0.6) is 0 Å². The lowest BCUT2D eigenvalue weighted by molar-refractivity contribution is 0.0185. The molecule has 4 nitrogen and oxygen atoms in total. The Morgan fingerprint density at radius 3 is 2.48 bits per heavy atom. The second-order valence-electron chi connectivity index (χ2n) is 8.33. The van der Waals surface area contributed by atoms with Crippen LogP contribution in [0.2, 0.25) is 0 Å². The fraction of sp³-hybridized carbons (Fsp3) is 0.435. The van der Waals surface area contributed by atoms with Gasteiger partial charge in [0, 0.05) is 25.3 Å². The Bertz CT molecular complexity index is 814. The van der Waals surface area contributed by atoms with Gasteiger partial charge in [0.15, 0.2) is 0 Å². The quantitative estimate of drug-likeness (QED) is 0.823. The lowest BCUT2D eigenvalue weighted by Gasteiger charge is -2.33. The molecule has 1 aliphatic heterocycles. The van der Waals surface area contributed by atoms with Crippen molar-refractivity contribution in [3.63, 3.8) is 0 Å². The van der Waals surface area contributed by atoms with Crippen molar-refractivity contribution in [3.8, 4) is 0 Å². The highest BCUT2D eigenvalue weighted by atomic mass is 16.6. The Morgan fingerprint density at radius 1 is 1.15 bits per heavy atom. The molecule has 27 heavy (non-hydrogen) atoms. The van der Waals surface area contributed by atoms with Crippen molar-refractivity contribution in [1.29, 1.82) is 0 Å². The molecule has 0 saturated carbocycles. The van der Waals surface area contributed by atoms with Crippen LogP contribution in [0, 0.1) is 5.92 Å². The molecule has 2 aromatic rings. The predicted molar refractivity (Wildman–Crippen MR) is 112 cm³/mol. The summed E-state index contributed by atoms with van der Waals surface area (Å²) in [5, 5.41) is 5.95. The number of amides is 1. The highest BCUT2D eigenvalue weighted by Crippen LogP contribution is 2.22. The molecule has 0 radical (unpaired) electrons. The summed E-state index contributed by atoms with van der Waals surface area (Å²) in [4.78, 5) is 14.0. The van der Waals surface area contributed by atoms with Crippen molar-refractivity contribution in [2.45, 2.75) is 39.2 Å². The molecule has 1 fully saturated rings. The van der Waals surface area contributed by atoms with E-state index in [1.54, 1.807) is 0 Å². The van der Waals surface area contributed by atoms with Gasteiger partial charge in [0.25, 0.3) is 0 Å². The third kappa shape index (κ3) is 5.25. The number of hydrogen-bond acceptors (Lipinski definition) is 3. The molecular formula is C23H30N2O2. The van der Waals surface area contributed by atoms with Gasteiger partial charge >= 0.3 is 6.09 Å². The van der Waals surface area contributed by atoms with Gasteiger partial charge in [-0.15, -0.1) is 0 Å². The summed E-state index contributed by atoms with van der Waals surface area (Å²) in [6, 6.07) is 14.8. The van der Waals surface area contributed by atoms with Crippen molar-refractivity contribution < 1.29 is 9.53 Å². The molecule has 144 valence electrons. The van der Waals surface area contributed by atoms with E-state index in [4.69, 9.17) is 4.74 Å². The molecule has 0 atom stereocenters. The molecule has 0 aliphatic carbocycles.